The summed E-state index contributed by atoms with van der Waals surface area (Å²) in [5, 5.41) is 0. The van der Waals surface area contributed by atoms with Crippen LogP contribution in [0.5, 0.6) is 0 Å². The van der Waals surface area contributed by atoms with Crippen LogP contribution in [0.4, 0.5) is 0 Å². The van der Waals surface area contributed by atoms with Crippen molar-refractivity contribution in [3.63, 3.8) is 0 Å². The number of likely N-dealkylation sites (tertiary alicyclic amines) is 1. The molecule has 0 bridgehead atoms. The Labute approximate surface area is 139 Å². The Morgan fingerprint density at radius 2 is 1.83 bits per heavy atom. The van der Waals surface area contributed by atoms with Gasteiger partial charge in [-0.05, 0) is 63.6 Å². The summed E-state index contributed by atoms with van der Waals surface area (Å²) in [4.78, 5) is 14.0. The van der Waals surface area contributed by atoms with Crippen LogP contribution >= 0.6 is 0 Å². The van der Waals surface area contributed by atoms with Crippen LogP contribution in [-0.2, 0) is 19.6 Å². The van der Waals surface area contributed by atoms with Gasteiger partial charge in [0, 0.05) is 13.1 Å². The zero-order valence-electron chi connectivity index (χ0n) is 14.0. The molecule has 0 radical (unpaired) electrons. The van der Waals surface area contributed by atoms with Crippen LogP contribution < -0.4 is 0 Å². The fourth-order valence-corrected chi connectivity index (χ4v) is 5.68. The quantitative estimate of drug-likeness (QED) is 0.675. The van der Waals surface area contributed by atoms with Crippen LogP contribution in [0.2, 0.25) is 0 Å². The molecular formula is C16H28N2O4S. The molecule has 0 unspecified atom stereocenters. The van der Waals surface area contributed by atoms with Gasteiger partial charge in [-0.3, -0.25) is 4.79 Å². The fourth-order valence-electron chi connectivity index (χ4n) is 4.19. The average molecular weight is 344 g/mol. The van der Waals surface area contributed by atoms with Crippen LogP contribution in [0.3, 0.4) is 0 Å². The largest absolute Gasteiger partial charge is 0.469 e. The maximum Gasteiger partial charge on any atom is 0.309 e. The van der Waals surface area contributed by atoms with Crippen LogP contribution in [0.1, 0.15) is 38.5 Å². The first-order valence-corrected chi connectivity index (χ1v) is 10.4. The van der Waals surface area contributed by atoms with E-state index in [1.54, 1.807) is 4.31 Å². The predicted octanol–water partition coefficient (Wildman–Crippen LogP) is 1.08. The summed E-state index contributed by atoms with van der Waals surface area (Å²) in [6.45, 7) is 4.23. The molecule has 1 aliphatic carbocycles. The average Bonchev–Trinajstić information content (AvgIpc) is 2.97. The minimum atomic E-state index is -3.15. The maximum absolute atomic E-state index is 12.5. The molecule has 3 aliphatic rings. The van der Waals surface area contributed by atoms with Gasteiger partial charge in [-0.1, -0.05) is 0 Å². The lowest BCUT2D eigenvalue weighted by atomic mass is 9.92. The minimum absolute atomic E-state index is 0.00693. The number of nitrogens with zero attached hydrogens (tertiary/aromatic N) is 2. The van der Waals surface area contributed by atoms with Crippen LogP contribution in [0, 0.1) is 11.3 Å². The van der Waals surface area contributed by atoms with Crippen molar-refractivity contribution in [1.82, 2.24) is 9.21 Å². The maximum atomic E-state index is 12.5. The van der Waals surface area contributed by atoms with Gasteiger partial charge in [0.2, 0.25) is 10.0 Å². The molecule has 0 aromatic heterocycles. The number of hydrogen-bond acceptors (Lipinski definition) is 5. The number of piperidine rings is 1. The van der Waals surface area contributed by atoms with E-state index in [2.05, 4.69) is 4.90 Å². The van der Waals surface area contributed by atoms with Crippen LogP contribution in [-0.4, -0.2) is 69.2 Å². The third-order valence-electron chi connectivity index (χ3n) is 5.86. The van der Waals surface area contributed by atoms with Gasteiger partial charge < -0.3 is 9.64 Å². The number of esters is 1. The number of sulfonamides is 1. The third-order valence-corrected chi connectivity index (χ3v) is 7.82. The lowest BCUT2D eigenvalue weighted by Gasteiger charge is -2.32. The second-order valence-electron chi connectivity index (χ2n) is 7.26. The van der Waals surface area contributed by atoms with Crippen molar-refractivity contribution in [2.45, 2.75) is 38.5 Å². The molecule has 1 atom stereocenters. The van der Waals surface area contributed by atoms with Crippen LogP contribution in [0.15, 0.2) is 0 Å². The molecule has 0 aromatic rings. The number of methoxy groups -OCH3 is 1. The van der Waals surface area contributed by atoms with E-state index in [0.717, 1.165) is 45.3 Å². The highest BCUT2D eigenvalue weighted by molar-refractivity contribution is 7.89. The number of rotatable bonds is 6. The van der Waals surface area contributed by atoms with Gasteiger partial charge in [0.25, 0.3) is 0 Å². The van der Waals surface area contributed by atoms with E-state index >= 15 is 0 Å². The van der Waals surface area contributed by atoms with Gasteiger partial charge in [-0.25, -0.2) is 12.7 Å². The van der Waals surface area contributed by atoms with Crippen molar-refractivity contribution < 1.29 is 17.9 Å². The SMILES string of the molecule is COC(=O)[C@@H]1CC12CCN(S(=O)(=O)CCCN1CCCC1)CC2. The molecule has 2 aliphatic heterocycles. The highest BCUT2D eigenvalue weighted by atomic mass is 32.2. The Morgan fingerprint density at radius 1 is 1.17 bits per heavy atom. The lowest BCUT2D eigenvalue weighted by molar-refractivity contribution is -0.143. The van der Waals surface area contributed by atoms with E-state index in [9.17, 15) is 13.2 Å². The van der Waals surface area contributed by atoms with E-state index in [-0.39, 0.29) is 23.1 Å². The standard InChI is InChI=1S/C16H28N2O4S/c1-22-15(19)14-13-16(14)5-10-18(11-6-16)23(20,21)12-4-9-17-7-2-3-8-17/h14H,2-13H2,1H3/t14-/m0/s1. The molecule has 6 nitrogen and oxygen atoms in total. The first kappa shape index (κ1) is 17.2. The summed E-state index contributed by atoms with van der Waals surface area (Å²) in [6, 6.07) is 0. The highest BCUT2D eigenvalue weighted by Gasteiger charge is 2.59. The first-order valence-electron chi connectivity index (χ1n) is 8.75. The molecule has 2 saturated heterocycles. The summed E-state index contributed by atoms with van der Waals surface area (Å²) in [7, 11) is -1.73. The second-order valence-corrected chi connectivity index (χ2v) is 9.35. The van der Waals surface area contributed by atoms with Crippen molar-refractivity contribution in [1.29, 1.82) is 0 Å². The van der Waals surface area contributed by atoms with Crippen molar-refractivity contribution in [3.8, 4) is 0 Å². The zero-order valence-corrected chi connectivity index (χ0v) is 14.8. The Bertz CT molecular complexity index is 534. The molecule has 1 spiro atoms. The summed E-state index contributed by atoms with van der Waals surface area (Å²) in [6.07, 6.45) is 5.64. The molecule has 7 heteroatoms. The highest BCUT2D eigenvalue weighted by Crippen LogP contribution is 2.59. The summed E-state index contributed by atoms with van der Waals surface area (Å²) >= 11 is 0. The topological polar surface area (TPSA) is 66.9 Å². The summed E-state index contributed by atoms with van der Waals surface area (Å²) in [5.41, 5.74) is 0.0225. The van der Waals surface area contributed by atoms with Gasteiger partial charge in [-0.15, -0.1) is 0 Å². The molecule has 23 heavy (non-hydrogen) atoms. The lowest BCUT2D eigenvalue weighted by Crippen LogP contribution is -2.41. The molecule has 132 valence electrons. The number of hydrogen-bond donors (Lipinski definition) is 0. The molecular weight excluding hydrogens is 316 g/mol. The zero-order chi connectivity index (χ0) is 16.5. The molecule has 0 N–H and O–H groups in total. The van der Waals surface area contributed by atoms with Gasteiger partial charge in [-0.2, -0.15) is 0 Å². The molecule has 1 saturated carbocycles. The van der Waals surface area contributed by atoms with Gasteiger partial charge in [0.05, 0.1) is 18.8 Å². The summed E-state index contributed by atoms with van der Waals surface area (Å²) < 4.78 is 31.4. The molecule has 2 heterocycles. The van der Waals surface area contributed by atoms with Gasteiger partial charge in [0.1, 0.15) is 0 Å². The Balaban J connectivity index is 1.44. The van der Waals surface area contributed by atoms with Crippen LogP contribution in [0.25, 0.3) is 0 Å². The minimum Gasteiger partial charge on any atom is -0.469 e. The van der Waals surface area contributed by atoms with Crippen molar-refractivity contribution in [2.24, 2.45) is 11.3 Å². The Hall–Kier alpha value is -0.660. The Morgan fingerprint density at radius 3 is 2.43 bits per heavy atom. The van der Waals surface area contributed by atoms with E-state index in [4.69, 9.17) is 4.74 Å². The Kier molecular flexibility index (Phi) is 4.99. The van der Waals surface area contributed by atoms with E-state index < -0.39 is 10.0 Å². The second kappa shape index (κ2) is 6.69. The van der Waals surface area contributed by atoms with E-state index in [1.807, 2.05) is 0 Å². The normalized spacial score (nSPS) is 28.1. The molecule has 3 rings (SSSR count). The fraction of sp³-hybridized carbons (Fsp3) is 0.938. The number of carbonyl (C=O) groups excluding carboxylic acids is 1. The van der Waals surface area contributed by atoms with E-state index in [1.165, 1.54) is 20.0 Å². The summed E-state index contributed by atoms with van der Waals surface area (Å²) in [5.74, 6) is 0.108. The van der Waals surface area contributed by atoms with Gasteiger partial charge in [0.15, 0.2) is 0 Å². The van der Waals surface area contributed by atoms with Gasteiger partial charge >= 0.3 is 5.97 Å². The molecule has 0 amide bonds. The monoisotopic (exact) mass is 344 g/mol. The van der Waals surface area contributed by atoms with E-state index in [0.29, 0.717) is 13.1 Å². The van der Waals surface area contributed by atoms with Crippen molar-refractivity contribution in [3.05, 3.63) is 0 Å². The predicted molar refractivity (Wildman–Crippen MR) is 87.4 cm³/mol. The van der Waals surface area contributed by atoms with Crippen molar-refractivity contribution in [2.75, 3.05) is 45.6 Å². The van der Waals surface area contributed by atoms with Crippen molar-refractivity contribution >= 4 is 16.0 Å². The first-order chi connectivity index (χ1) is 11.0. The molecule has 3 fully saturated rings. The molecule has 0 aromatic carbocycles. The number of carbonyl (C=O) groups is 1. The smallest absolute Gasteiger partial charge is 0.309 e. The number of ether oxygens (including phenoxy) is 1. The third kappa shape index (κ3) is 3.72.